The monoisotopic (exact) mass is 342 g/mol. The molecule has 0 aliphatic heterocycles. The molecule has 0 fully saturated rings. The number of carbonyl (C=O) groups excluding carboxylic acids is 1. The summed E-state index contributed by atoms with van der Waals surface area (Å²) in [7, 11) is 1.56. The summed E-state index contributed by atoms with van der Waals surface area (Å²) in [6.07, 6.45) is -1.61. The van der Waals surface area contributed by atoms with Crippen molar-refractivity contribution in [3.8, 4) is 5.69 Å². The van der Waals surface area contributed by atoms with Crippen molar-refractivity contribution in [1.29, 1.82) is 0 Å². The first kappa shape index (κ1) is 18.0. The summed E-state index contributed by atoms with van der Waals surface area (Å²) in [5.74, 6) is -0.283. The van der Waals surface area contributed by atoms with E-state index in [1.807, 2.05) is 0 Å². The van der Waals surface area contributed by atoms with Crippen LogP contribution in [0.4, 0.5) is 18.9 Å². The fourth-order valence-electron chi connectivity index (χ4n) is 1.93. The van der Waals surface area contributed by atoms with Crippen LogP contribution in [0.5, 0.6) is 0 Å². The Labute approximate surface area is 136 Å². The van der Waals surface area contributed by atoms with E-state index in [1.54, 1.807) is 7.11 Å². The SMILES string of the molecule is COCCNCC(=O)Nc1cnn(-c2cccc(C(F)(F)F)c2)c1. The molecular formula is C15H17F3N4O2. The van der Waals surface area contributed by atoms with E-state index in [0.717, 1.165) is 12.1 Å². The number of ether oxygens (including phenoxy) is 1. The minimum Gasteiger partial charge on any atom is -0.383 e. The van der Waals surface area contributed by atoms with Crippen LogP contribution in [0.2, 0.25) is 0 Å². The molecule has 2 rings (SSSR count). The highest BCUT2D eigenvalue weighted by atomic mass is 19.4. The number of rotatable bonds is 7. The molecule has 2 aromatic rings. The number of benzene rings is 1. The molecule has 0 saturated carbocycles. The largest absolute Gasteiger partial charge is 0.416 e. The summed E-state index contributed by atoms with van der Waals surface area (Å²) in [5, 5.41) is 9.45. The van der Waals surface area contributed by atoms with Gasteiger partial charge < -0.3 is 15.4 Å². The molecule has 6 nitrogen and oxygen atoms in total. The maximum absolute atomic E-state index is 12.7. The number of amides is 1. The van der Waals surface area contributed by atoms with Crippen LogP contribution in [0.3, 0.4) is 0 Å². The van der Waals surface area contributed by atoms with Gasteiger partial charge in [0, 0.05) is 13.7 Å². The first-order valence-corrected chi connectivity index (χ1v) is 7.12. The zero-order valence-electron chi connectivity index (χ0n) is 12.9. The lowest BCUT2D eigenvalue weighted by Crippen LogP contribution is -2.30. The third-order valence-electron chi connectivity index (χ3n) is 3.07. The predicted octanol–water partition coefficient (Wildman–Crippen LogP) is 2.07. The standard InChI is InChI=1S/C15H17F3N4O2/c1-24-6-5-19-9-14(23)21-12-8-20-22(10-12)13-4-2-3-11(7-13)15(16,17)18/h2-4,7-8,10,19H,5-6,9H2,1H3,(H,21,23). The molecule has 0 unspecified atom stereocenters. The summed E-state index contributed by atoms with van der Waals surface area (Å²) in [6.45, 7) is 1.12. The van der Waals surface area contributed by atoms with Crippen LogP contribution in [0.15, 0.2) is 36.7 Å². The van der Waals surface area contributed by atoms with Crippen LogP contribution in [0.25, 0.3) is 5.69 Å². The van der Waals surface area contributed by atoms with Crippen molar-refractivity contribution in [1.82, 2.24) is 15.1 Å². The van der Waals surface area contributed by atoms with Crippen LogP contribution >= 0.6 is 0 Å². The molecule has 9 heteroatoms. The van der Waals surface area contributed by atoms with Gasteiger partial charge in [0.15, 0.2) is 0 Å². The number of anilines is 1. The number of nitrogens with one attached hydrogen (secondary N) is 2. The van der Waals surface area contributed by atoms with Crippen molar-refractivity contribution in [2.45, 2.75) is 6.18 Å². The van der Waals surface area contributed by atoms with E-state index in [0.29, 0.717) is 18.8 Å². The Morgan fingerprint density at radius 2 is 2.17 bits per heavy atom. The Hall–Kier alpha value is -2.39. The first-order chi connectivity index (χ1) is 11.4. The van der Waals surface area contributed by atoms with Crippen molar-refractivity contribution in [2.75, 3.05) is 32.1 Å². The molecule has 0 aliphatic rings. The Bertz CT molecular complexity index is 685. The minimum atomic E-state index is -4.42. The van der Waals surface area contributed by atoms with E-state index in [1.165, 1.54) is 29.2 Å². The van der Waals surface area contributed by atoms with Crippen LogP contribution in [-0.2, 0) is 15.7 Å². The summed E-state index contributed by atoms with van der Waals surface area (Å²) < 4.78 is 44.3. The summed E-state index contributed by atoms with van der Waals surface area (Å²) >= 11 is 0. The summed E-state index contributed by atoms with van der Waals surface area (Å²) in [4.78, 5) is 11.7. The van der Waals surface area contributed by atoms with Crippen LogP contribution < -0.4 is 10.6 Å². The maximum Gasteiger partial charge on any atom is 0.416 e. The van der Waals surface area contributed by atoms with Crippen molar-refractivity contribution in [3.63, 3.8) is 0 Å². The van der Waals surface area contributed by atoms with Crippen LogP contribution in [0, 0.1) is 0 Å². The minimum absolute atomic E-state index is 0.0953. The second-order valence-electron chi connectivity index (χ2n) is 4.94. The van der Waals surface area contributed by atoms with Gasteiger partial charge in [0.25, 0.3) is 0 Å². The van der Waals surface area contributed by atoms with Gasteiger partial charge in [-0.1, -0.05) is 6.07 Å². The maximum atomic E-state index is 12.7. The molecule has 130 valence electrons. The fourth-order valence-corrected chi connectivity index (χ4v) is 1.93. The number of alkyl halides is 3. The fraction of sp³-hybridized carbons (Fsp3) is 0.333. The average Bonchev–Trinajstić information content (AvgIpc) is 2.99. The molecule has 2 N–H and O–H groups in total. The number of hydrogen-bond acceptors (Lipinski definition) is 4. The molecule has 0 atom stereocenters. The van der Waals surface area contributed by atoms with E-state index in [9.17, 15) is 18.0 Å². The molecule has 1 amide bonds. The third kappa shape index (κ3) is 5.07. The quantitative estimate of drug-likeness (QED) is 0.756. The van der Waals surface area contributed by atoms with Gasteiger partial charge in [0.2, 0.25) is 5.91 Å². The van der Waals surface area contributed by atoms with Gasteiger partial charge >= 0.3 is 6.18 Å². The van der Waals surface area contributed by atoms with Crippen molar-refractivity contribution < 1.29 is 22.7 Å². The third-order valence-corrected chi connectivity index (χ3v) is 3.07. The molecule has 24 heavy (non-hydrogen) atoms. The van der Waals surface area contributed by atoms with Crippen LogP contribution in [0.1, 0.15) is 5.56 Å². The van der Waals surface area contributed by atoms with E-state index >= 15 is 0 Å². The Kier molecular flexibility index (Phi) is 5.93. The van der Waals surface area contributed by atoms with E-state index in [4.69, 9.17) is 4.74 Å². The van der Waals surface area contributed by atoms with Crippen molar-refractivity contribution in [2.24, 2.45) is 0 Å². The van der Waals surface area contributed by atoms with Gasteiger partial charge in [-0.25, -0.2) is 4.68 Å². The lowest BCUT2D eigenvalue weighted by molar-refractivity contribution is -0.137. The van der Waals surface area contributed by atoms with Gasteiger partial charge in [-0.2, -0.15) is 18.3 Å². The lowest BCUT2D eigenvalue weighted by Gasteiger charge is -2.08. The first-order valence-electron chi connectivity index (χ1n) is 7.12. The van der Waals surface area contributed by atoms with E-state index < -0.39 is 11.7 Å². The van der Waals surface area contributed by atoms with E-state index in [-0.39, 0.29) is 18.1 Å². The zero-order valence-corrected chi connectivity index (χ0v) is 12.9. The second-order valence-corrected chi connectivity index (χ2v) is 4.94. The molecule has 0 radical (unpaired) electrons. The highest BCUT2D eigenvalue weighted by Crippen LogP contribution is 2.30. The lowest BCUT2D eigenvalue weighted by atomic mass is 10.2. The normalized spacial score (nSPS) is 11.5. The Balaban J connectivity index is 1.99. The number of halogens is 3. The molecule has 0 bridgehead atoms. The predicted molar refractivity (Wildman–Crippen MR) is 81.9 cm³/mol. The number of hydrogen-bond donors (Lipinski definition) is 2. The van der Waals surface area contributed by atoms with Gasteiger partial charge in [-0.05, 0) is 18.2 Å². The smallest absolute Gasteiger partial charge is 0.383 e. The van der Waals surface area contributed by atoms with Crippen molar-refractivity contribution in [3.05, 3.63) is 42.2 Å². The number of nitrogens with zero attached hydrogens (tertiary/aromatic N) is 2. The van der Waals surface area contributed by atoms with Crippen molar-refractivity contribution >= 4 is 11.6 Å². The topological polar surface area (TPSA) is 68.2 Å². The molecule has 0 aliphatic carbocycles. The number of carbonyl (C=O) groups is 1. The summed E-state index contributed by atoms with van der Waals surface area (Å²) in [6, 6.07) is 4.78. The number of methoxy groups -OCH3 is 1. The highest BCUT2D eigenvalue weighted by Gasteiger charge is 2.30. The highest BCUT2D eigenvalue weighted by molar-refractivity contribution is 5.92. The molecule has 1 aromatic carbocycles. The molecule has 0 saturated heterocycles. The number of aromatic nitrogens is 2. The molecular weight excluding hydrogens is 325 g/mol. The molecule has 1 heterocycles. The van der Waals surface area contributed by atoms with Crippen LogP contribution in [-0.4, -0.2) is 42.5 Å². The Morgan fingerprint density at radius 3 is 2.88 bits per heavy atom. The van der Waals surface area contributed by atoms with Gasteiger partial charge in [0.05, 0.1) is 42.5 Å². The zero-order chi connectivity index (χ0) is 17.6. The van der Waals surface area contributed by atoms with Gasteiger partial charge in [-0.3, -0.25) is 4.79 Å². The average molecular weight is 342 g/mol. The van der Waals surface area contributed by atoms with E-state index in [2.05, 4.69) is 15.7 Å². The second kappa shape index (κ2) is 7.93. The molecule has 1 aromatic heterocycles. The summed E-state index contributed by atoms with van der Waals surface area (Å²) in [5.41, 5.74) is -0.113. The Morgan fingerprint density at radius 1 is 1.38 bits per heavy atom. The van der Waals surface area contributed by atoms with Gasteiger partial charge in [0.1, 0.15) is 0 Å². The van der Waals surface area contributed by atoms with Gasteiger partial charge in [-0.15, -0.1) is 0 Å². The molecule has 0 spiro atoms.